The molecule has 5 rings (SSSR count). The number of nitrogens with zero attached hydrogens (tertiary/aromatic N) is 7. The van der Waals surface area contributed by atoms with Crippen molar-refractivity contribution in [1.82, 2.24) is 24.4 Å². The van der Waals surface area contributed by atoms with E-state index in [1.54, 1.807) is 37.6 Å². The number of hydrogen-bond acceptors (Lipinski definition) is 10. The lowest BCUT2D eigenvalue weighted by atomic mass is 9.94. The van der Waals surface area contributed by atoms with Crippen LogP contribution >= 0.6 is 0 Å². The SMILES string of the molecule is CC(C)c1cnn2c(N(Cc3ccc4c(c3)N(C(=O)/C=C/CN(C)C)CC4)C(=O)OC(C)(C)C)cc(NC[C@H]3CCN(C(=O)OC(C)(C)C)C[C@@H]3O)nc12. The quantitative estimate of drug-likeness (QED) is 0.243. The summed E-state index contributed by atoms with van der Waals surface area (Å²) in [5.41, 5.74) is 2.81. The summed E-state index contributed by atoms with van der Waals surface area (Å²) in [6.45, 7) is 17.5. The van der Waals surface area contributed by atoms with Crippen molar-refractivity contribution in [1.29, 1.82) is 0 Å². The highest BCUT2D eigenvalue weighted by molar-refractivity contribution is 6.03. The van der Waals surface area contributed by atoms with Gasteiger partial charge in [-0.2, -0.15) is 9.61 Å². The van der Waals surface area contributed by atoms with E-state index in [1.165, 1.54) is 0 Å². The van der Waals surface area contributed by atoms with Gasteiger partial charge in [0.05, 0.1) is 25.4 Å². The molecule has 4 heterocycles. The number of likely N-dealkylation sites (N-methyl/N-ethyl adjacent to an activating group) is 1. The molecule has 3 amide bonds. The van der Waals surface area contributed by atoms with Gasteiger partial charge < -0.3 is 34.6 Å². The number of ether oxygens (including phenoxy) is 2. The third-order valence-corrected chi connectivity index (χ3v) is 9.29. The lowest BCUT2D eigenvalue weighted by Gasteiger charge is -2.36. The Balaban J connectivity index is 1.45. The number of carbonyl (C=O) groups is 3. The zero-order chi connectivity index (χ0) is 39.5. The molecule has 1 aromatic carbocycles. The van der Waals surface area contributed by atoms with E-state index in [2.05, 4.69) is 19.2 Å². The maximum Gasteiger partial charge on any atom is 0.416 e. The molecule has 14 nitrogen and oxygen atoms in total. The zero-order valence-corrected chi connectivity index (χ0v) is 33.5. The van der Waals surface area contributed by atoms with Crippen LogP contribution in [0.2, 0.25) is 0 Å². The fourth-order valence-corrected chi connectivity index (χ4v) is 6.55. The Morgan fingerprint density at radius 2 is 1.78 bits per heavy atom. The molecule has 3 aromatic rings. The highest BCUT2D eigenvalue weighted by Crippen LogP contribution is 2.33. The molecule has 0 radical (unpaired) electrons. The van der Waals surface area contributed by atoms with Gasteiger partial charge in [0, 0.05) is 55.5 Å². The van der Waals surface area contributed by atoms with Gasteiger partial charge in [0.1, 0.15) is 22.8 Å². The van der Waals surface area contributed by atoms with E-state index < -0.39 is 29.5 Å². The molecule has 14 heteroatoms. The van der Waals surface area contributed by atoms with E-state index in [4.69, 9.17) is 19.6 Å². The molecule has 0 bridgehead atoms. The summed E-state index contributed by atoms with van der Waals surface area (Å²) in [5, 5.41) is 19.2. The standard InChI is InChI=1S/C40H58N8O6/c1-26(2)30-23-42-48-34(21-33(43-36(30)48)41-22-29-15-18-45(25-32(29)49)37(51)53-39(3,4)5)47(38(52)54-40(6,7)8)24-27-13-14-28-16-19-46(31(28)20-27)35(50)12-11-17-44(9)10/h11-14,20-21,23,26,29,32,49H,15-19,22,24-25H2,1-10H3,(H,41,43)/b12-11+/t29-,32+/m1/s1. The highest BCUT2D eigenvalue weighted by Gasteiger charge is 2.33. The number of amides is 3. The van der Waals surface area contributed by atoms with E-state index >= 15 is 0 Å². The first-order valence-electron chi connectivity index (χ1n) is 18.8. The van der Waals surface area contributed by atoms with E-state index in [9.17, 15) is 19.5 Å². The van der Waals surface area contributed by atoms with Gasteiger partial charge in [-0.15, -0.1) is 0 Å². The van der Waals surface area contributed by atoms with Crippen LogP contribution in [0.1, 0.15) is 84.4 Å². The molecule has 0 aliphatic carbocycles. The highest BCUT2D eigenvalue weighted by atomic mass is 16.6. The van der Waals surface area contributed by atoms with Crippen LogP contribution in [0.25, 0.3) is 5.65 Å². The lowest BCUT2D eigenvalue weighted by molar-refractivity contribution is -0.114. The number of aliphatic hydroxyl groups excluding tert-OH is 1. The van der Waals surface area contributed by atoms with E-state index in [0.717, 1.165) is 28.8 Å². The molecule has 54 heavy (non-hydrogen) atoms. The maximum atomic E-state index is 14.1. The number of carbonyl (C=O) groups excluding carboxylic acids is 3. The van der Waals surface area contributed by atoms with Gasteiger partial charge in [0.25, 0.3) is 5.91 Å². The van der Waals surface area contributed by atoms with Crippen molar-refractivity contribution in [2.24, 2.45) is 5.92 Å². The van der Waals surface area contributed by atoms with Crippen molar-refractivity contribution in [2.75, 3.05) is 61.9 Å². The Bertz CT molecular complexity index is 1860. The summed E-state index contributed by atoms with van der Waals surface area (Å²) in [6, 6.07) is 7.75. The average molecular weight is 747 g/mol. The summed E-state index contributed by atoms with van der Waals surface area (Å²) in [5.74, 6) is 0.812. The van der Waals surface area contributed by atoms with Crippen molar-refractivity contribution in [3.63, 3.8) is 0 Å². The molecule has 0 spiro atoms. The van der Waals surface area contributed by atoms with Crippen LogP contribution in [0, 0.1) is 5.92 Å². The zero-order valence-electron chi connectivity index (χ0n) is 33.5. The van der Waals surface area contributed by atoms with Crippen molar-refractivity contribution >= 4 is 41.1 Å². The Kier molecular flexibility index (Phi) is 12.3. The summed E-state index contributed by atoms with van der Waals surface area (Å²) in [6.07, 6.45) is 4.80. The molecule has 2 N–H and O–H groups in total. The molecule has 2 aliphatic heterocycles. The number of nitrogens with one attached hydrogen (secondary N) is 1. The normalized spacial score (nSPS) is 17.8. The molecular weight excluding hydrogens is 688 g/mol. The number of benzene rings is 1. The predicted octanol–water partition coefficient (Wildman–Crippen LogP) is 5.83. The number of hydrogen-bond donors (Lipinski definition) is 2. The Hall–Kier alpha value is -4.69. The van der Waals surface area contributed by atoms with Crippen LogP contribution in [-0.2, 0) is 27.2 Å². The molecule has 2 atom stereocenters. The van der Waals surface area contributed by atoms with Crippen LogP contribution in [-0.4, -0.2) is 112 Å². The topological polar surface area (TPSA) is 145 Å². The van der Waals surface area contributed by atoms with E-state index in [-0.39, 0.29) is 30.8 Å². The van der Waals surface area contributed by atoms with Gasteiger partial charge in [-0.05, 0) is 91.6 Å². The Labute approximate surface area is 319 Å². The van der Waals surface area contributed by atoms with Crippen molar-refractivity contribution in [3.8, 4) is 0 Å². The monoisotopic (exact) mass is 746 g/mol. The number of β-amino-alcohol motifs (C(OH)–C–C–N with tert-alkyl or cyclic N) is 1. The minimum atomic E-state index is -0.778. The van der Waals surface area contributed by atoms with Gasteiger partial charge in [-0.25, -0.2) is 14.6 Å². The Morgan fingerprint density at radius 1 is 1.06 bits per heavy atom. The Morgan fingerprint density at radius 3 is 2.43 bits per heavy atom. The minimum Gasteiger partial charge on any atom is -0.444 e. The largest absolute Gasteiger partial charge is 0.444 e. The maximum absolute atomic E-state index is 14.1. The molecule has 2 aromatic heterocycles. The number of rotatable bonds is 10. The fraction of sp³-hybridized carbons (Fsp3) is 0.575. The second-order valence-corrected chi connectivity index (χ2v) is 16.8. The first-order chi connectivity index (χ1) is 25.3. The summed E-state index contributed by atoms with van der Waals surface area (Å²) in [4.78, 5) is 51.8. The van der Waals surface area contributed by atoms with Gasteiger partial charge >= 0.3 is 12.2 Å². The van der Waals surface area contributed by atoms with Crippen LogP contribution in [0.15, 0.2) is 42.6 Å². The van der Waals surface area contributed by atoms with Crippen molar-refractivity contribution in [3.05, 3.63) is 59.3 Å². The van der Waals surface area contributed by atoms with Crippen LogP contribution in [0.5, 0.6) is 0 Å². The number of aromatic nitrogens is 3. The number of aliphatic hydroxyl groups is 1. The lowest BCUT2D eigenvalue weighted by Crippen LogP contribution is -2.49. The fourth-order valence-electron chi connectivity index (χ4n) is 6.55. The number of anilines is 3. The summed E-state index contributed by atoms with van der Waals surface area (Å²) < 4.78 is 13.1. The third kappa shape index (κ3) is 10.1. The first kappa shape index (κ1) is 40.5. The average Bonchev–Trinajstić information content (AvgIpc) is 3.69. The molecule has 0 unspecified atom stereocenters. The molecule has 2 aliphatic rings. The number of likely N-dealkylation sites (tertiary alicyclic amines) is 1. The molecule has 294 valence electrons. The molecule has 0 saturated carbocycles. The van der Waals surface area contributed by atoms with Crippen LogP contribution in [0.4, 0.5) is 26.9 Å². The third-order valence-electron chi connectivity index (χ3n) is 9.29. The van der Waals surface area contributed by atoms with E-state index in [0.29, 0.717) is 49.9 Å². The van der Waals surface area contributed by atoms with Crippen molar-refractivity contribution < 1.29 is 29.0 Å². The molecule has 1 fully saturated rings. The van der Waals surface area contributed by atoms with Gasteiger partial charge in [0.15, 0.2) is 5.65 Å². The van der Waals surface area contributed by atoms with Crippen molar-refractivity contribution in [2.45, 2.75) is 98.0 Å². The second-order valence-electron chi connectivity index (χ2n) is 16.8. The number of piperidine rings is 1. The minimum absolute atomic E-state index is 0.0818. The summed E-state index contributed by atoms with van der Waals surface area (Å²) in [7, 11) is 3.91. The van der Waals surface area contributed by atoms with Crippen LogP contribution < -0.4 is 15.1 Å². The molecular formula is C40H58N8O6. The van der Waals surface area contributed by atoms with Gasteiger partial charge in [-0.1, -0.05) is 32.1 Å². The summed E-state index contributed by atoms with van der Waals surface area (Å²) >= 11 is 0. The second kappa shape index (κ2) is 16.4. The number of fused-ring (bicyclic) bond motifs is 2. The first-order valence-corrected chi connectivity index (χ1v) is 18.8. The predicted molar refractivity (Wildman–Crippen MR) is 210 cm³/mol. The van der Waals surface area contributed by atoms with Gasteiger partial charge in [0.2, 0.25) is 0 Å². The molecule has 1 saturated heterocycles. The van der Waals surface area contributed by atoms with Crippen LogP contribution in [0.3, 0.4) is 0 Å². The van der Waals surface area contributed by atoms with Gasteiger partial charge in [-0.3, -0.25) is 9.69 Å². The smallest absolute Gasteiger partial charge is 0.416 e. The van der Waals surface area contributed by atoms with E-state index in [1.807, 2.05) is 84.8 Å².